The molecule has 2 aromatic carbocycles. The lowest BCUT2D eigenvalue weighted by Gasteiger charge is -2.17. The van der Waals surface area contributed by atoms with Crippen LogP contribution >= 0.6 is 11.3 Å². The van der Waals surface area contributed by atoms with Crippen LogP contribution in [0.1, 0.15) is 24.4 Å². The number of aromatic amines is 1. The van der Waals surface area contributed by atoms with Crippen LogP contribution < -0.4 is 5.32 Å². The fourth-order valence-electron chi connectivity index (χ4n) is 3.59. The summed E-state index contributed by atoms with van der Waals surface area (Å²) in [4.78, 5) is 16.9. The average Bonchev–Trinajstić information content (AvgIpc) is 3.45. The zero-order chi connectivity index (χ0) is 20.5. The first-order chi connectivity index (χ1) is 14.7. The molecule has 0 amide bonds. The first-order valence-corrected chi connectivity index (χ1v) is 10.7. The Labute approximate surface area is 178 Å². The van der Waals surface area contributed by atoms with Crippen molar-refractivity contribution in [2.45, 2.75) is 19.9 Å². The number of fused-ring (bicyclic) bond motifs is 1. The number of aromatic nitrogens is 4. The quantitative estimate of drug-likeness (QED) is 0.360. The monoisotopic (exact) mass is 411 g/mol. The van der Waals surface area contributed by atoms with Gasteiger partial charge in [0.15, 0.2) is 0 Å². The Morgan fingerprint density at radius 3 is 2.77 bits per heavy atom. The van der Waals surface area contributed by atoms with Crippen molar-refractivity contribution in [2.75, 3.05) is 5.32 Å². The van der Waals surface area contributed by atoms with Crippen LogP contribution in [0.25, 0.3) is 32.7 Å². The van der Waals surface area contributed by atoms with Gasteiger partial charge in [-0.2, -0.15) is 0 Å². The maximum Gasteiger partial charge on any atom is 0.130 e. The molecule has 0 spiro atoms. The molecule has 5 aromatic rings. The smallest absolute Gasteiger partial charge is 0.130 e. The fourth-order valence-corrected chi connectivity index (χ4v) is 4.31. The van der Waals surface area contributed by atoms with Gasteiger partial charge in [0, 0.05) is 29.6 Å². The molecule has 6 heteroatoms. The number of aryl methyl sites for hydroxylation is 1. The summed E-state index contributed by atoms with van der Waals surface area (Å²) in [5, 5.41) is 3.54. The summed E-state index contributed by atoms with van der Waals surface area (Å²) in [7, 11) is 0. The van der Waals surface area contributed by atoms with E-state index in [0.717, 1.165) is 38.8 Å². The predicted octanol–water partition coefficient (Wildman–Crippen LogP) is 6.23. The summed E-state index contributed by atoms with van der Waals surface area (Å²) in [6.07, 6.45) is 1.94. The summed E-state index contributed by atoms with van der Waals surface area (Å²) in [6, 6.07) is 21.0. The van der Waals surface area contributed by atoms with E-state index in [1.165, 1.54) is 11.1 Å². The second kappa shape index (κ2) is 7.72. The SMILES string of the molecule is Cc1nc(NC(C)c2cccc(-c3ccc[nH]3)c2)cc(-c2ccc3ncsc3c2)n1. The Kier molecular flexibility index (Phi) is 4.77. The van der Waals surface area contributed by atoms with Gasteiger partial charge in [-0.25, -0.2) is 15.0 Å². The fraction of sp³-hybridized carbons (Fsp3) is 0.125. The van der Waals surface area contributed by atoms with E-state index < -0.39 is 0 Å². The summed E-state index contributed by atoms with van der Waals surface area (Å²) in [5.74, 6) is 1.56. The van der Waals surface area contributed by atoms with E-state index >= 15 is 0 Å². The second-order valence-electron chi connectivity index (χ2n) is 7.30. The molecule has 3 aromatic heterocycles. The van der Waals surface area contributed by atoms with Crippen LogP contribution in [-0.4, -0.2) is 19.9 Å². The predicted molar refractivity (Wildman–Crippen MR) is 124 cm³/mol. The molecule has 0 radical (unpaired) electrons. The van der Waals surface area contributed by atoms with Gasteiger partial charge in [-0.1, -0.05) is 24.3 Å². The Morgan fingerprint density at radius 2 is 1.90 bits per heavy atom. The van der Waals surface area contributed by atoms with Crippen LogP contribution in [0.4, 0.5) is 5.82 Å². The molecule has 0 bridgehead atoms. The first-order valence-electron chi connectivity index (χ1n) is 9.85. The molecule has 3 heterocycles. The van der Waals surface area contributed by atoms with Gasteiger partial charge in [-0.3, -0.25) is 0 Å². The number of rotatable bonds is 5. The molecule has 5 rings (SSSR count). The highest BCUT2D eigenvalue weighted by Gasteiger charge is 2.11. The number of thiazole rings is 1. The van der Waals surface area contributed by atoms with Crippen molar-refractivity contribution >= 4 is 27.4 Å². The van der Waals surface area contributed by atoms with Crippen LogP contribution in [0.3, 0.4) is 0 Å². The first kappa shape index (κ1) is 18.5. The van der Waals surface area contributed by atoms with Gasteiger partial charge < -0.3 is 10.3 Å². The van der Waals surface area contributed by atoms with E-state index in [2.05, 4.69) is 74.6 Å². The lowest BCUT2D eigenvalue weighted by molar-refractivity contribution is 0.868. The van der Waals surface area contributed by atoms with E-state index in [1.807, 2.05) is 36.8 Å². The third-order valence-electron chi connectivity index (χ3n) is 5.12. The Balaban J connectivity index is 1.43. The van der Waals surface area contributed by atoms with Gasteiger partial charge in [0.1, 0.15) is 11.6 Å². The number of hydrogen-bond acceptors (Lipinski definition) is 5. The summed E-state index contributed by atoms with van der Waals surface area (Å²) in [6.45, 7) is 4.07. The molecule has 0 saturated heterocycles. The van der Waals surface area contributed by atoms with Crippen molar-refractivity contribution in [3.63, 3.8) is 0 Å². The number of nitrogens with zero attached hydrogens (tertiary/aromatic N) is 3. The third kappa shape index (κ3) is 3.69. The number of hydrogen-bond donors (Lipinski definition) is 2. The van der Waals surface area contributed by atoms with Gasteiger partial charge in [-0.05, 0) is 55.3 Å². The molecule has 30 heavy (non-hydrogen) atoms. The zero-order valence-electron chi connectivity index (χ0n) is 16.8. The highest BCUT2D eigenvalue weighted by molar-refractivity contribution is 7.16. The summed E-state index contributed by atoms with van der Waals surface area (Å²) < 4.78 is 1.16. The van der Waals surface area contributed by atoms with E-state index in [0.29, 0.717) is 0 Å². The highest BCUT2D eigenvalue weighted by atomic mass is 32.1. The lowest BCUT2D eigenvalue weighted by Crippen LogP contribution is -2.09. The van der Waals surface area contributed by atoms with Crippen molar-refractivity contribution in [2.24, 2.45) is 0 Å². The van der Waals surface area contributed by atoms with Crippen molar-refractivity contribution < 1.29 is 0 Å². The van der Waals surface area contributed by atoms with Crippen LogP contribution in [0, 0.1) is 6.92 Å². The number of benzene rings is 2. The third-order valence-corrected chi connectivity index (χ3v) is 5.92. The molecule has 0 aliphatic carbocycles. The highest BCUT2D eigenvalue weighted by Crippen LogP contribution is 2.28. The molecule has 148 valence electrons. The molecule has 0 saturated carbocycles. The molecular formula is C24H21N5S. The van der Waals surface area contributed by atoms with E-state index in [-0.39, 0.29) is 6.04 Å². The van der Waals surface area contributed by atoms with Gasteiger partial charge in [0.2, 0.25) is 0 Å². The van der Waals surface area contributed by atoms with E-state index in [9.17, 15) is 0 Å². The second-order valence-corrected chi connectivity index (χ2v) is 8.18. The normalized spacial score (nSPS) is 12.2. The molecule has 5 nitrogen and oxygen atoms in total. The van der Waals surface area contributed by atoms with Crippen LogP contribution in [-0.2, 0) is 0 Å². The topological polar surface area (TPSA) is 66.5 Å². The van der Waals surface area contributed by atoms with Gasteiger partial charge in [0.05, 0.1) is 21.4 Å². The molecule has 1 unspecified atom stereocenters. The van der Waals surface area contributed by atoms with Crippen LogP contribution in [0.5, 0.6) is 0 Å². The zero-order valence-corrected chi connectivity index (χ0v) is 17.6. The van der Waals surface area contributed by atoms with Gasteiger partial charge >= 0.3 is 0 Å². The lowest BCUT2D eigenvalue weighted by atomic mass is 10.0. The number of anilines is 1. The van der Waals surface area contributed by atoms with E-state index in [1.54, 1.807) is 11.3 Å². The van der Waals surface area contributed by atoms with Crippen molar-refractivity contribution in [3.05, 3.63) is 83.8 Å². The molecule has 1 atom stereocenters. The van der Waals surface area contributed by atoms with Gasteiger partial charge in [-0.15, -0.1) is 11.3 Å². The van der Waals surface area contributed by atoms with Crippen molar-refractivity contribution in [1.29, 1.82) is 0 Å². The Hall–Kier alpha value is -3.51. The van der Waals surface area contributed by atoms with Crippen LogP contribution in [0.2, 0.25) is 0 Å². The Bertz CT molecular complexity index is 1310. The maximum atomic E-state index is 4.65. The minimum Gasteiger partial charge on any atom is -0.363 e. The van der Waals surface area contributed by atoms with E-state index in [4.69, 9.17) is 0 Å². The molecular weight excluding hydrogens is 390 g/mol. The molecule has 0 fully saturated rings. The number of H-pyrrole nitrogens is 1. The van der Waals surface area contributed by atoms with Crippen molar-refractivity contribution in [1.82, 2.24) is 19.9 Å². The molecule has 0 aliphatic heterocycles. The molecule has 0 aliphatic rings. The minimum atomic E-state index is 0.103. The largest absolute Gasteiger partial charge is 0.363 e. The van der Waals surface area contributed by atoms with Gasteiger partial charge in [0.25, 0.3) is 0 Å². The minimum absolute atomic E-state index is 0.103. The maximum absolute atomic E-state index is 4.65. The number of nitrogens with one attached hydrogen (secondary N) is 2. The Morgan fingerprint density at radius 1 is 0.967 bits per heavy atom. The standard InChI is InChI=1S/C24H21N5S/c1-15(17-5-3-6-18(11-17)20-7-4-10-25-20)27-24-13-22(28-16(2)29-24)19-8-9-21-23(12-19)30-14-26-21/h3-15,25H,1-2H3,(H,27,28,29). The molecule has 2 N–H and O–H groups in total. The average molecular weight is 412 g/mol. The van der Waals surface area contributed by atoms with Crippen molar-refractivity contribution in [3.8, 4) is 22.5 Å². The summed E-state index contributed by atoms with van der Waals surface area (Å²) in [5.41, 5.74) is 8.35. The summed E-state index contributed by atoms with van der Waals surface area (Å²) >= 11 is 1.64. The van der Waals surface area contributed by atoms with Crippen LogP contribution in [0.15, 0.2) is 72.4 Å².